The standard InChI is InChI=1S/C17H23N5O2/c1-5-14(13-9-19-22(4)10-13)20-17(24)21-15-7-6-12(8-11(15)2)16(23)18-3/h6-10,14H,5H2,1-4H3,(H,18,23)(H2,20,21,24)/t14-/m1/s1. The van der Waals surface area contributed by atoms with Crippen LogP contribution in [0.5, 0.6) is 0 Å². The summed E-state index contributed by atoms with van der Waals surface area (Å²) in [6, 6.07) is 4.75. The highest BCUT2D eigenvalue weighted by molar-refractivity contribution is 5.96. The van der Waals surface area contributed by atoms with Gasteiger partial charge in [-0.25, -0.2) is 4.79 Å². The van der Waals surface area contributed by atoms with E-state index in [1.165, 1.54) is 0 Å². The number of amides is 3. The lowest BCUT2D eigenvalue weighted by molar-refractivity contribution is 0.0963. The summed E-state index contributed by atoms with van der Waals surface area (Å²) in [5.41, 5.74) is 3.01. The van der Waals surface area contributed by atoms with Crippen LogP contribution in [0, 0.1) is 6.92 Å². The number of nitrogens with zero attached hydrogens (tertiary/aromatic N) is 2. The lowest BCUT2D eigenvalue weighted by Gasteiger charge is -2.17. The molecule has 1 aromatic carbocycles. The Morgan fingerprint density at radius 2 is 2.08 bits per heavy atom. The molecule has 0 aliphatic rings. The van der Waals surface area contributed by atoms with Crippen LogP contribution in [0.3, 0.4) is 0 Å². The molecular weight excluding hydrogens is 306 g/mol. The molecule has 0 radical (unpaired) electrons. The average molecular weight is 329 g/mol. The van der Waals surface area contributed by atoms with Gasteiger partial charge in [-0.1, -0.05) is 6.92 Å². The zero-order chi connectivity index (χ0) is 17.7. The number of aromatic nitrogens is 2. The summed E-state index contributed by atoms with van der Waals surface area (Å²) in [6.07, 6.45) is 4.39. The smallest absolute Gasteiger partial charge is 0.319 e. The molecule has 2 aromatic rings. The first kappa shape index (κ1) is 17.5. The van der Waals surface area contributed by atoms with E-state index in [9.17, 15) is 9.59 Å². The van der Waals surface area contributed by atoms with Crippen molar-refractivity contribution in [3.63, 3.8) is 0 Å². The van der Waals surface area contributed by atoms with Gasteiger partial charge in [-0.2, -0.15) is 5.10 Å². The second-order valence-corrected chi connectivity index (χ2v) is 5.62. The third kappa shape index (κ3) is 4.13. The number of benzene rings is 1. The Morgan fingerprint density at radius 1 is 1.33 bits per heavy atom. The van der Waals surface area contributed by atoms with Crippen LogP contribution in [0.25, 0.3) is 0 Å². The van der Waals surface area contributed by atoms with Gasteiger partial charge >= 0.3 is 6.03 Å². The van der Waals surface area contributed by atoms with E-state index in [4.69, 9.17) is 0 Å². The van der Waals surface area contributed by atoms with Gasteiger partial charge in [-0.15, -0.1) is 0 Å². The number of anilines is 1. The largest absolute Gasteiger partial charge is 0.355 e. The Balaban J connectivity index is 2.05. The molecule has 0 aliphatic heterocycles. The van der Waals surface area contributed by atoms with Crippen molar-refractivity contribution in [2.75, 3.05) is 12.4 Å². The number of rotatable bonds is 5. The number of aryl methyl sites for hydroxylation is 2. The minimum atomic E-state index is -0.290. The van der Waals surface area contributed by atoms with Crippen molar-refractivity contribution in [1.29, 1.82) is 0 Å². The van der Waals surface area contributed by atoms with Crippen LogP contribution in [0.15, 0.2) is 30.6 Å². The van der Waals surface area contributed by atoms with Gasteiger partial charge < -0.3 is 16.0 Å². The summed E-state index contributed by atoms with van der Waals surface area (Å²) in [6.45, 7) is 3.85. The van der Waals surface area contributed by atoms with Crippen LogP contribution in [0.2, 0.25) is 0 Å². The zero-order valence-electron chi connectivity index (χ0n) is 14.4. The van der Waals surface area contributed by atoms with Gasteiger partial charge in [-0.3, -0.25) is 9.48 Å². The molecule has 1 heterocycles. The third-order valence-electron chi connectivity index (χ3n) is 3.80. The molecule has 1 aromatic heterocycles. The van der Waals surface area contributed by atoms with E-state index >= 15 is 0 Å². The van der Waals surface area contributed by atoms with Crippen LogP contribution < -0.4 is 16.0 Å². The Kier molecular flexibility index (Phi) is 5.57. The van der Waals surface area contributed by atoms with Crippen LogP contribution >= 0.6 is 0 Å². The van der Waals surface area contributed by atoms with E-state index in [0.717, 1.165) is 17.5 Å². The fourth-order valence-corrected chi connectivity index (χ4v) is 2.45. The van der Waals surface area contributed by atoms with Gasteiger partial charge in [0.25, 0.3) is 5.91 Å². The first-order chi connectivity index (χ1) is 11.4. The molecule has 0 spiro atoms. The Hall–Kier alpha value is -2.83. The lowest BCUT2D eigenvalue weighted by Crippen LogP contribution is -2.32. The number of hydrogen-bond donors (Lipinski definition) is 3. The maximum atomic E-state index is 12.3. The third-order valence-corrected chi connectivity index (χ3v) is 3.80. The van der Waals surface area contributed by atoms with E-state index in [2.05, 4.69) is 21.0 Å². The van der Waals surface area contributed by atoms with E-state index < -0.39 is 0 Å². The number of hydrogen-bond acceptors (Lipinski definition) is 3. The number of urea groups is 1. The molecule has 0 unspecified atom stereocenters. The monoisotopic (exact) mass is 329 g/mol. The van der Waals surface area contributed by atoms with Crippen LogP contribution in [-0.4, -0.2) is 28.8 Å². The van der Waals surface area contributed by atoms with Crippen molar-refractivity contribution in [2.45, 2.75) is 26.3 Å². The molecule has 0 fully saturated rings. The normalized spacial score (nSPS) is 11.7. The summed E-state index contributed by atoms with van der Waals surface area (Å²) < 4.78 is 1.71. The molecule has 3 N–H and O–H groups in total. The second-order valence-electron chi connectivity index (χ2n) is 5.62. The lowest BCUT2D eigenvalue weighted by atomic mass is 10.1. The maximum Gasteiger partial charge on any atom is 0.319 e. The summed E-state index contributed by atoms with van der Waals surface area (Å²) in [5, 5.41) is 12.5. The van der Waals surface area contributed by atoms with Crippen LogP contribution in [0.1, 0.15) is 40.9 Å². The molecule has 2 rings (SSSR count). The van der Waals surface area contributed by atoms with Crippen LogP contribution in [0.4, 0.5) is 10.5 Å². The Bertz CT molecular complexity index is 738. The van der Waals surface area contributed by atoms with Crippen molar-refractivity contribution in [1.82, 2.24) is 20.4 Å². The molecule has 0 saturated heterocycles. The highest BCUT2D eigenvalue weighted by atomic mass is 16.2. The molecule has 0 aliphatic carbocycles. The molecular formula is C17H23N5O2. The summed E-state index contributed by atoms with van der Waals surface area (Å²) in [7, 11) is 3.42. The van der Waals surface area contributed by atoms with Crippen molar-refractivity contribution in [2.24, 2.45) is 7.05 Å². The van der Waals surface area contributed by atoms with Gasteiger partial charge in [0.1, 0.15) is 0 Å². The van der Waals surface area contributed by atoms with E-state index in [1.54, 1.807) is 36.1 Å². The van der Waals surface area contributed by atoms with E-state index in [0.29, 0.717) is 11.3 Å². The van der Waals surface area contributed by atoms with E-state index in [1.807, 2.05) is 27.1 Å². The minimum absolute atomic E-state index is 0.107. The van der Waals surface area contributed by atoms with Gasteiger partial charge in [0.15, 0.2) is 0 Å². The summed E-state index contributed by atoms with van der Waals surface area (Å²) in [4.78, 5) is 23.9. The molecule has 3 amide bonds. The minimum Gasteiger partial charge on any atom is -0.355 e. The molecule has 24 heavy (non-hydrogen) atoms. The Morgan fingerprint density at radius 3 is 2.62 bits per heavy atom. The second kappa shape index (κ2) is 7.63. The molecule has 0 bridgehead atoms. The first-order valence-electron chi connectivity index (χ1n) is 7.83. The Labute approximate surface area is 141 Å². The number of carbonyl (C=O) groups is 2. The van der Waals surface area contributed by atoms with Gasteiger partial charge in [-0.05, 0) is 37.1 Å². The molecule has 1 atom stereocenters. The molecule has 7 nitrogen and oxygen atoms in total. The number of carbonyl (C=O) groups excluding carboxylic acids is 2. The highest BCUT2D eigenvalue weighted by Gasteiger charge is 2.15. The topological polar surface area (TPSA) is 88.1 Å². The van der Waals surface area contributed by atoms with Gasteiger partial charge in [0.05, 0.1) is 12.2 Å². The van der Waals surface area contributed by atoms with Crippen molar-refractivity contribution < 1.29 is 9.59 Å². The SMILES string of the molecule is CC[C@@H](NC(=O)Nc1ccc(C(=O)NC)cc1C)c1cnn(C)c1. The van der Waals surface area contributed by atoms with Gasteiger partial charge in [0.2, 0.25) is 0 Å². The predicted octanol–water partition coefficient (Wildman–Crippen LogP) is 2.36. The van der Waals surface area contributed by atoms with Crippen LogP contribution in [-0.2, 0) is 7.05 Å². The van der Waals surface area contributed by atoms with Gasteiger partial charge in [0, 0.05) is 37.1 Å². The van der Waals surface area contributed by atoms with Crippen molar-refractivity contribution in [3.05, 3.63) is 47.3 Å². The first-order valence-corrected chi connectivity index (χ1v) is 7.83. The van der Waals surface area contributed by atoms with E-state index in [-0.39, 0.29) is 18.0 Å². The number of nitrogens with one attached hydrogen (secondary N) is 3. The van der Waals surface area contributed by atoms with Crippen molar-refractivity contribution >= 4 is 17.6 Å². The predicted molar refractivity (Wildman–Crippen MR) is 93.0 cm³/mol. The zero-order valence-corrected chi connectivity index (χ0v) is 14.4. The average Bonchev–Trinajstić information content (AvgIpc) is 3.00. The molecule has 0 saturated carbocycles. The summed E-state index contributed by atoms with van der Waals surface area (Å²) in [5.74, 6) is -0.156. The highest BCUT2D eigenvalue weighted by Crippen LogP contribution is 2.18. The van der Waals surface area contributed by atoms with Crippen molar-refractivity contribution in [3.8, 4) is 0 Å². The quantitative estimate of drug-likeness (QED) is 0.787. The molecule has 128 valence electrons. The maximum absolute atomic E-state index is 12.3. The molecule has 7 heteroatoms. The fraction of sp³-hybridized carbons (Fsp3) is 0.353. The fourth-order valence-electron chi connectivity index (χ4n) is 2.45. The summed E-state index contributed by atoms with van der Waals surface area (Å²) >= 11 is 0.